The van der Waals surface area contributed by atoms with Gasteiger partial charge < -0.3 is 15.8 Å². The molecule has 1 fully saturated rings. The second kappa shape index (κ2) is 7.51. The van der Waals surface area contributed by atoms with Crippen molar-refractivity contribution in [2.75, 3.05) is 6.54 Å². The molecule has 0 aromatic heterocycles. The Bertz CT molecular complexity index is 927. The van der Waals surface area contributed by atoms with E-state index in [4.69, 9.17) is 15.9 Å². The molecule has 144 valence electrons. The van der Waals surface area contributed by atoms with Crippen LogP contribution < -0.4 is 11.1 Å². The highest BCUT2D eigenvalue weighted by Crippen LogP contribution is 2.29. The Kier molecular flexibility index (Phi) is 5.12. The molecule has 3 amide bonds. The summed E-state index contributed by atoms with van der Waals surface area (Å²) < 4.78 is 5.15. The Balaban J connectivity index is 1.68. The number of nitrogen functional groups attached to an aromatic ring is 1. The number of amidine groups is 1. The van der Waals surface area contributed by atoms with E-state index < -0.39 is 30.0 Å². The number of carbonyl (C=O) groups is 3. The molecule has 0 aliphatic carbocycles. The van der Waals surface area contributed by atoms with Crippen molar-refractivity contribution in [2.24, 2.45) is 5.73 Å². The summed E-state index contributed by atoms with van der Waals surface area (Å²) in [5.41, 5.74) is 5.96. The summed E-state index contributed by atoms with van der Waals surface area (Å²) in [7, 11) is 0. The van der Waals surface area contributed by atoms with Crippen LogP contribution in [0.1, 0.15) is 23.6 Å². The number of hydrogen-bond acceptors (Lipinski definition) is 5. The maximum Gasteiger partial charge on any atom is 0.326 e. The van der Waals surface area contributed by atoms with Crippen molar-refractivity contribution in [1.29, 1.82) is 5.41 Å². The average Bonchev–Trinajstić information content (AvgIpc) is 2.91. The molecule has 3 rings (SSSR count). The Morgan fingerprint density at radius 2 is 1.79 bits per heavy atom. The van der Waals surface area contributed by atoms with Crippen LogP contribution in [0.5, 0.6) is 0 Å². The summed E-state index contributed by atoms with van der Waals surface area (Å²) in [5, 5.41) is 10.0. The molecule has 1 atom stereocenters. The zero-order chi connectivity index (χ0) is 20.3. The number of benzene rings is 2. The van der Waals surface area contributed by atoms with Crippen molar-refractivity contribution >= 4 is 23.7 Å². The third-order valence-corrected chi connectivity index (χ3v) is 4.58. The van der Waals surface area contributed by atoms with Gasteiger partial charge in [0.15, 0.2) is 0 Å². The maximum atomic E-state index is 12.8. The van der Waals surface area contributed by atoms with Crippen molar-refractivity contribution in [3.8, 4) is 0 Å². The number of nitrogens with two attached hydrogens (primary N) is 1. The Morgan fingerprint density at radius 3 is 2.39 bits per heavy atom. The van der Waals surface area contributed by atoms with E-state index >= 15 is 0 Å². The molecule has 2 aromatic carbocycles. The second-order valence-corrected chi connectivity index (χ2v) is 6.58. The van der Waals surface area contributed by atoms with Crippen LogP contribution in [0, 0.1) is 5.41 Å². The van der Waals surface area contributed by atoms with Gasteiger partial charge in [0.05, 0.1) is 0 Å². The molecular weight excluding hydrogens is 360 g/mol. The molecule has 0 radical (unpaired) electrons. The monoisotopic (exact) mass is 380 g/mol. The van der Waals surface area contributed by atoms with Crippen LogP contribution in [0.15, 0.2) is 54.6 Å². The molecule has 8 heteroatoms. The number of hydrogen-bond donors (Lipinski definition) is 3. The summed E-state index contributed by atoms with van der Waals surface area (Å²) >= 11 is 0. The molecule has 4 N–H and O–H groups in total. The van der Waals surface area contributed by atoms with Crippen LogP contribution in [0.2, 0.25) is 0 Å². The second-order valence-electron chi connectivity index (χ2n) is 6.58. The number of ether oxygens (including phenoxy) is 1. The molecule has 0 saturated carbocycles. The SMILES string of the molecule is C[C@]1(c2ccc(C(=N)N)cc2)NC(=O)N(CC(=O)OCc2ccccc2)C1=O. The molecule has 2 aromatic rings. The number of amides is 3. The number of carbonyl (C=O) groups excluding carboxylic acids is 3. The highest BCUT2D eigenvalue weighted by Gasteiger charge is 2.49. The third kappa shape index (κ3) is 3.71. The Hall–Kier alpha value is -3.68. The van der Waals surface area contributed by atoms with Gasteiger partial charge in [0.25, 0.3) is 5.91 Å². The maximum absolute atomic E-state index is 12.8. The third-order valence-electron chi connectivity index (χ3n) is 4.58. The van der Waals surface area contributed by atoms with E-state index in [1.54, 1.807) is 31.2 Å². The fraction of sp³-hybridized carbons (Fsp3) is 0.200. The summed E-state index contributed by atoms with van der Waals surface area (Å²) in [6, 6.07) is 14.9. The van der Waals surface area contributed by atoms with Gasteiger partial charge in [-0.25, -0.2) is 4.79 Å². The number of imide groups is 1. The molecule has 1 aliphatic heterocycles. The van der Waals surface area contributed by atoms with E-state index in [-0.39, 0.29) is 12.4 Å². The van der Waals surface area contributed by atoms with Crippen LogP contribution in [0.3, 0.4) is 0 Å². The topological polar surface area (TPSA) is 126 Å². The number of urea groups is 1. The lowest BCUT2D eigenvalue weighted by Crippen LogP contribution is -2.41. The number of esters is 1. The first-order valence-corrected chi connectivity index (χ1v) is 8.60. The predicted octanol–water partition coefficient (Wildman–Crippen LogP) is 1.48. The van der Waals surface area contributed by atoms with E-state index in [1.807, 2.05) is 30.3 Å². The first kappa shape index (κ1) is 19.1. The van der Waals surface area contributed by atoms with Gasteiger partial charge >= 0.3 is 12.0 Å². The normalized spacial score (nSPS) is 18.7. The lowest BCUT2D eigenvalue weighted by atomic mass is 9.91. The minimum atomic E-state index is -1.31. The number of nitrogens with one attached hydrogen (secondary N) is 2. The quantitative estimate of drug-likeness (QED) is 0.303. The average molecular weight is 380 g/mol. The van der Waals surface area contributed by atoms with Crippen LogP contribution >= 0.6 is 0 Å². The van der Waals surface area contributed by atoms with Crippen LogP contribution in [-0.2, 0) is 26.5 Å². The van der Waals surface area contributed by atoms with E-state index in [1.165, 1.54) is 0 Å². The Morgan fingerprint density at radius 1 is 1.14 bits per heavy atom. The number of nitrogens with zero attached hydrogens (tertiary/aromatic N) is 1. The van der Waals surface area contributed by atoms with Crippen molar-refractivity contribution in [3.05, 3.63) is 71.3 Å². The zero-order valence-corrected chi connectivity index (χ0v) is 15.3. The minimum absolute atomic E-state index is 0.0626. The first-order chi connectivity index (χ1) is 13.3. The van der Waals surface area contributed by atoms with Gasteiger partial charge in [0, 0.05) is 5.56 Å². The highest BCUT2D eigenvalue weighted by atomic mass is 16.5. The summed E-state index contributed by atoms with van der Waals surface area (Å²) in [5.74, 6) is -1.32. The summed E-state index contributed by atoms with van der Waals surface area (Å²) in [6.45, 7) is 1.15. The summed E-state index contributed by atoms with van der Waals surface area (Å²) in [4.78, 5) is 38.1. The fourth-order valence-electron chi connectivity index (χ4n) is 2.93. The molecule has 0 bridgehead atoms. The molecule has 0 spiro atoms. The molecule has 8 nitrogen and oxygen atoms in total. The fourth-order valence-corrected chi connectivity index (χ4v) is 2.93. The smallest absolute Gasteiger partial charge is 0.326 e. The van der Waals surface area contributed by atoms with E-state index in [0.717, 1.165) is 10.5 Å². The van der Waals surface area contributed by atoms with Gasteiger partial charge in [-0.2, -0.15) is 0 Å². The van der Waals surface area contributed by atoms with E-state index in [2.05, 4.69) is 5.32 Å². The molecular formula is C20H20N4O4. The summed E-state index contributed by atoms with van der Waals surface area (Å²) in [6.07, 6.45) is 0. The van der Waals surface area contributed by atoms with Gasteiger partial charge in [-0.15, -0.1) is 0 Å². The van der Waals surface area contributed by atoms with Gasteiger partial charge in [0.2, 0.25) is 0 Å². The highest BCUT2D eigenvalue weighted by molar-refractivity contribution is 6.09. The standard InChI is InChI=1S/C20H20N4O4/c1-20(15-9-7-14(8-10-15)17(21)22)18(26)24(19(27)23-20)11-16(25)28-12-13-5-3-2-4-6-13/h2-10H,11-12H2,1H3,(H3,21,22)(H,23,27)/t20-/m1/s1. The molecule has 1 saturated heterocycles. The minimum Gasteiger partial charge on any atom is -0.459 e. The van der Waals surface area contributed by atoms with Crippen LogP contribution in [-0.4, -0.2) is 35.2 Å². The molecule has 0 unspecified atom stereocenters. The van der Waals surface area contributed by atoms with Crippen LogP contribution in [0.25, 0.3) is 0 Å². The van der Waals surface area contributed by atoms with Gasteiger partial charge in [0.1, 0.15) is 24.5 Å². The largest absolute Gasteiger partial charge is 0.459 e. The predicted molar refractivity (Wildman–Crippen MR) is 101 cm³/mol. The van der Waals surface area contributed by atoms with Crippen molar-refractivity contribution in [1.82, 2.24) is 10.2 Å². The van der Waals surface area contributed by atoms with E-state index in [0.29, 0.717) is 11.1 Å². The van der Waals surface area contributed by atoms with Gasteiger partial charge in [-0.05, 0) is 18.1 Å². The van der Waals surface area contributed by atoms with E-state index in [9.17, 15) is 14.4 Å². The first-order valence-electron chi connectivity index (χ1n) is 8.60. The molecule has 1 aliphatic rings. The van der Waals surface area contributed by atoms with Gasteiger partial charge in [-0.3, -0.25) is 19.9 Å². The lowest BCUT2D eigenvalue weighted by Gasteiger charge is -2.22. The number of rotatable bonds is 6. The van der Waals surface area contributed by atoms with Crippen molar-refractivity contribution in [3.63, 3.8) is 0 Å². The lowest BCUT2D eigenvalue weighted by molar-refractivity contribution is -0.148. The molecule has 1 heterocycles. The zero-order valence-electron chi connectivity index (χ0n) is 15.3. The van der Waals surface area contributed by atoms with Gasteiger partial charge in [-0.1, -0.05) is 54.6 Å². The van der Waals surface area contributed by atoms with Crippen molar-refractivity contribution in [2.45, 2.75) is 19.1 Å². The van der Waals surface area contributed by atoms with Crippen LogP contribution in [0.4, 0.5) is 4.79 Å². The molecule has 28 heavy (non-hydrogen) atoms. The van der Waals surface area contributed by atoms with Crippen molar-refractivity contribution < 1.29 is 19.1 Å². The Labute approximate surface area is 161 Å².